The lowest BCUT2D eigenvalue weighted by atomic mass is 10.2. The fourth-order valence-corrected chi connectivity index (χ4v) is 3.14. The maximum absolute atomic E-state index is 6.16. The Morgan fingerprint density at radius 1 is 1.09 bits per heavy atom. The molecule has 1 aliphatic rings. The molecule has 0 amide bonds. The second kappa shape index (κ2) is 7.66. The number of benzene rings is 2. The van der Waals surface area contributed by atoms with Gasteiger partial charge in [0.15, 0.2) is 5.11 Å². The fourth-order valence-electron chi connectivity index (χ4n) is 2.79. The summed E-state index contributed by atoms with van der Waals surface area (Å²) < 4.78 is 0. The van der Waals surface area contributed by atoms with Gasteiger partial charge in [-0.2, -0.15) is 0 Å². The van der Waals surface area contributed by atoms with Gasteiger partial charge < -0.3 is 15.5 Å². The maximum Gasteiger partial charge on any atom is 0.171 e. The molecule has 0 saturated carbocycles. The average Bonchev–Trinajstić information content (AvgIpc) is 3.08. The van der Waals surface area contributed by atoms with E-state index in [-0.39, 0.29) is 0 Å². The highest BCUT2D eigenvalue weighted by molar-refractivity contribution is 7.80. The lowest BCUT2D eigenvalue weighted by molar-refractivity contribution is 0.924. The molecule has 1 aliphatic heterocycles. The van der Waals surface area contributed by atoms with Gasteiger partial charge in [-0.1, -0.05) is 41.9 Å². The normalized spacial score (nSPS) is 13.9. The SMILES string of the molecule is S=C(NCc1ccccc1)Nc1cc(Cl)ccc1N1CCCC1. The van der Waals surface area contributed by atoms with Gasteiger partial charge in [0.2, 0.25) is 0 Å². The zero-order valence-electron chi connectivity index (χ0n) is 12.9. The molecular formula is C18H20ClN3S. The van der Waals surface area contributed by atoms with Gasteiger partial charge in [0.05, 0.1) is 11.4 Å². The van der Waals surface area contributed by atoms with Crippen molar-refractivity contribution in [1.29, 1.82) is 0 Å². The van der Waals surface area contributed by atoms with Crippen LogP contribution in [0.25, 0.3) is 0 Å². The van der Waals surface area contributed by atoms with Crippen molar-refractivity contribution in [2.45, 2.75) is 19.4 Å². The molecule has 3 nitrogen and oxygen atoms in total. The zero-order chi connectivity index (χ0) is 16.1. The summed E-state index contributed by atoms with van der Waals surface area (Å²) >= 11 is 11.6. The summed E-state index contributed by atoms with van der Waals surface area (Å²) in [7, 11) is 0. The third kappa shape index (κ3) is 4.36. The Kier molecular flexibility index (Phi) is 5.36. The van der Waals surface area contributed by atoms with E-state index < -0.39 is 0 Å². The van der Waals surface area contributed by atoms with Gasteiger partial charge in [0.25, 0.3) is 0 Å². The Morgan fingerprint density at radius 2 is 1.83 bits per heavy atom. The summed E-state index contributed by atoms with van der Waals surface area (Å²) in [6.07, 6.45) is 2.47. The molecule has 0 aliphatic carbocycles. The average molecular weight is 346 g/mol. The molecule has 0 unspecified atom stereocenters. The lowest BCUT2D eigenvalue weighted by Crippen LogP contribution is -2.29. The van der Waals surface area contributed by atoms with Crippen LogP contribution in [-0.2, 0) is 6.54 Å². The number of thiocarbonyl (C=S) groups is 1. The van der Waals surface area contributed by atoms with E-state index >= 15 is 0 Å². The van der Waals surface area contributed by atoms with Crippen LogP contribution >= 0.6 is 23.8 Å². The molecule has 0 atom stereocenters. The first-order chi connectivity index (χ1) is 11.2. The van der Waals surface area contributed by atoms with Crippen molar-refractivity contribution in [3.05, 3.63) is 59.1 Å². The summed E-state index contributed by atoms with van der Waals surface area (Å²) in [5, 5.41) is 7.85. The van der Waals surface area contributed by atoms with E-state index in [0.717, 1.165) is 24.5 Å². The molecule has 120 valence electrons. The van der Waals surface area contributed by atoms with E-state index in [4.69, 9.17) is 23.8 Å². The van der Waals surface area contributed by atoms with Crippen LogP contribution in [0.1, 0.15) is 18.4 Å². The van der Waals surface area contributed by atoms with Crippen molar-refractivity contribution in [3.8, 4) is 0 Å². The molecule has 5 heteroatoms. The van der Waals surface area contributed by atoms with E-state index in [2.05, 4.69) is 33.7 Å². The summed E-state index contributed by atoms with van der Waals surface area (Å²) in [5.41, 5.74) is 3.32. The van der Waals surface area contributed by atoms with Crippen LogP contribution in [0.5, 0.6) is 0 Å². The molecule has 1 fully saturated rings. The molecular weight excluding hydrogens is 326 g/mol. The predicted octanol–water partition coefficient (Wildman–Crippen LogP) is 4.43. The summed E-state index contributed by atoms with van der Waals surface area (Å²) in [4.78, 5) is 2.37. The molecule has 23 heavy (non-hydrogen) atoms. The maximum atomic E-state index is 6.16. The van der Waals surface area contributed by atoms with Crippen molar-refractivity contribution in [3.63, 3.8) is 0 Å². The van der Waals surface area contributed by atoms with Gasteiger partial charge in [0, 0.05) is 24.7 Å². The molecule has 3 rings (SSSR count). The molecule has 2 N–H and O–H groups in total. The molecule has 0 spiro atoms. The van der Waals surface area contributed by atoms with E-state index in [1.165, 1.54) is 18.4 Å². The van der Waals surface area contributed by atoms with Gasteiger partial charge in [-0.25, -0.2) is 0 Å². The minimum atomic E-state index is 0.608. The minimum absolute atomic E-state index is 0.608. The molecule has 0 bridgehead atoms. The van der Waals surface area contributed by atoms with Crippen LogP contribution in [0.3, 0.4) is 0 Å². The third-order valence-corrected chi connectivity index (χ3v) is 4.43. The topological polar surface area (TPSA) is 27.3 Å². The molecule has 0 radical (unpaired) electrons. The fraction of sp³-hybridized carbons (Fsp3) is 0.278. The molecule has 0 aromatic heterocycles. The number of nitrogens with zero attached hydrogens (tertiary/aromatic N) is 1. The Hall–Kier alpha value is -1.78. The quantitative estimate of drug-likeness (QED) is 0.802. The Balaban J connectivity index is 1.66. The van der Waals surface area contributed by atoms with E-state index in [9.17, 15) is 0 Å². The highest BCUT2D eigenvalue weighted by Crippen LogP contribution is 2.31. The number of nitrogens with one attached hydrogen (secondary N) is 2. The van der Waals surface area contributed by atoms with Crippen LogP contribution < -0.4 is 15.5 Å². The van der Waals surface area contributed by atoms with Gasteiger partial charge in [-0.15, -0.1) is 0 Å². The van der Waals surface area contributed by atoms with Crippen molar-refractivity contribution < 1.29 is 0 Å². The number of hydrogen-bond donors (Lipinski definition) is 2. The summed E-state index contributed by atoms with van der Waals surface area (Å²) in [5.74, 6) is 0. The van der Waals surface area contributed by atoms with Crippen LogP contribution in [-0.4, -0.2) is 18.2 Å². The molecule has 1 saturated heterocycles. The van der Waals surface area contributed by atoms with Gasteiger partial charge in [-0.3, -0.25) is 0 Å². The van der Waals surface area contributed by atoms with Crippen LogP contribution in [0.4, 0.5) is 11.4 Å². The van der Waals surface area contributed by atoms with Crippen molar-refractivity contribution in [2.24, 2.45) is 0 Å². The standard InChI is InChI=1S/C18H20ClN3S/c19-15-8-9-17(22-10-4-5-11-22)16(12-15)21-18(23)20-13-14-6-2-1-3-7-14/h1-3,6-9,12H,4-5,10-11,13H2,(H2,20,21,23). The summed E-state index contributed by atoms with van der Waals surface area (Å²) in [6.45, 7) is 2.87. The smallest absolute Gasteiger partial charge is 0.171 e. The Labute approximate surface area is 147 Å². The van der Waals surface area contributed by atoms with Gasteiger partial charge >= 0.3 is 0 Å². The molecule has 2 aromatic carbocycles. The van der Waals surface area contributed by atoms with Crippen molar-refractivity contribution >= 4 is 40.3 Å². The number of halogens is 1. The monoisotopic (exact) mass is 345 g/mol. The third-order valence-electron chi connectivity index (χ3n) is 3.95. The Morgan fingerprint density at radius 3 is 2.57 bits per heavy atom. The van der Waals surface area contributed by atoms with E-state index in [0.29, 0.717) is 16.7 Å². The van der Waals surface area contributed by atoms with Crippen LogP contribution in [0.2, 0.25) is 5.02 Å². The second-order valence-electron chi connectivity index (χ2n) is 5.65. The van der Waals surface area contributed by atoms with Gasteiger partial charge in [0.1, 0.15) is 0 Å². The molecule has 1 heterocycles. The lowest BCUT2D eigenvalue weighted by Gasteiger charge is -2.22. The highest BCUT2D eigenvalue weighted by Gasteiger charge is 2.16. The minimum Gasteiger partial charge on any atom is -0.370 e. The van der Waals surface area contributed by atoms with E-state index in [1.54, 1.807) is 0 Å². The number of hydrogen-bond acceptors (Lipinski definition) is 2. The van der Waals surface area contributed by atoms with Crippen molar-refractivity contribution in [1.82, 2.24) is 5.32 Å². The first-order valence-electron chi connectivity index (χ1n) is 7.85. The zero-order valence-corrected chi connectivity index (χ0v) is 14.5. The highest BCUT2D eigenvalue weighted by atomic mass is 35.5. The van der Waals surface area contributed by atoms with Crippen LogP contribution in [0, 0.1) is 0 Å². The first-order valence-corrected chi connectivity index (χ1v) is 8.64. The van der Waals surface area contributed by atoms with Gasteiger partial charge in [-0.05, 0) is 48.8 Å². The number of anilines is 2. The molecule has 2 aromatic rings. The first kappa shape index (κ1) is 16.1. The second-order valence-corrected chi connectivity index (χ2v) is 6.49. The Bertz CT molecular complexity index is 669. The summed E-state index contributed by atoms with van der Waals surface area (Å²) in [6, 6.07) is 16.1. The van der Waals surface area contributed by atoms with E-state index in [1.807, 2.05) is 30.3 Å². The predicted molar refractivity (Wildman–Crippen MR) is 102 cm³/mol. The number of rotatable bonds is 4. The largest absolute Gasteiger partial charge is 0.370 e. The van der Waals surface area contributed by atoms with Crippen LogP contribution in [0.15, 0.2) is 48.5 Å². The van der Waals surface area contributed by atoms with Crippen molar-refractivity contribution in [2.75, 3.05) is 23.3 Å².